The summed E-state index contributed by atoms with van der Waals surface area (Å²) in [5.41, 5.74) is 0.785. The molecule has 1 heterocycles. The van der Waals surface area contributed by atoms with Crippen LogP contribution in [0.2, 0.25) is 0 Å². The number of aliphatic imine (C=N–C) groups is 1. The summed E-state index contributed by atoms with van der Waals surface area (Å²) < 4.78 is 29.1. The minimum absolute atomic E-state index is 0. The van der Waals surface area contributed by atoms with Crippen LogP contribution >= 0.6 is 24.0 Å². The summed E-state index contributed by atoms with van der Waals surface area (Å²) in [7, 11) is -1.14. The number of guanidine groups is 1. The van der Waals surface area contributed by atoms with Gasteiger partial charge in [-0.2, -0.15) is 0 Å². The molecule has 1 fully saturated rings. The van der Waals surface area contributed by atoms with E-state index in [0.717, 1.165) is 11.3 Å². The molecule has 148 valence electrons. The van der Waals surface area contributed by atoms with E-state index in [9.17, 15) is 8.42 Å². The van der Waals surface area contributed by atoms with Crippen molar-refractivity contribution in [3.05, 3.63) is 29.8 Å². The number of halogens is 1. The minimum atomic E-state index is -2.85. The summed E-state index contributed by atoms with van der Waals surface area (Å²) in [5.74, 6) is 2.22. The van der Waals surface area contributed by atoms with E-state index in [1.807, 2.05) is 45.0 Å². The summed E-state index contributed by atoms with van der Waals surface area (Å²) in [6.45, 7) is 7.25. The lowest BCUT2D eigenvalue weighted by Crippen LogP contribution is -2.39. The van der Waals surface area contributed by atoms with Crippen molar-refractivity contribution in [3.8, 4) is 5.75 Å². The maximum atomic E-state index is 11.5. The smallest absolute Gasteiger partial charge is 0.191 e. The molecule has 1 aliphatic rings. The van der Waals surface area contributed by atoms with Gasteiger partial charge in [0.05, 0.1) is 11.5 Å². The second-order valence-corrected chi connectivity index (χ2v) is 9.63. The largest absolute Gasteiger partial charge is 0.488 e. The maximum absolute atomic E-state index is 11.5. The normalized spacial score (nSPS) is 19.5. The molecule has 1 atom stereocenters. The van der Waals surface area contributed by atoms with Crippen LogP contribution in [-0.4, -0.2) is 45.1 Å². The van der Waals surface area contributed by atoms with Gasteiger partial charge in [-0.05, 0) is 39.2 Å². The third-order valence-electron chi connectivity index (χ3n) is 3.94. The van der Waals surface area contributed by atoms with Crippen LogP contribution in [-0.2, 0) is 16.4 Å². The number of nitrogens with zero attached hydrogens (tertiary/aromatic N) is 1. The molecule has 2 N–H and O–H groups in total. The first-order valence-corrected chi connectivity index (χ1v) is 10.4. The molecular formula is C18H30IN3O3S. The number of benzene rings is 1. The quantitative estimate of drug-likeness (QED) is 0.373. The lowest BCUT2D eigenvalue weighted by molar-refractivity contribution is 0.129. The fourth-order valence-corrected chi connectivity index (χ4v) is 4.61. The zero-order chi connectivity index (χ0) is 18.5. The highest BCUT2D eigenvalue weighted by atomic mass is 127. The third kappa shape index (κ3) is 7.69. The van der Waals surface area contributed by atoms with Crippen LogP contribution in [0.15, 0.2) is 29.3 Å². The summed E-state index contributed by atoms with van der Waals surface area (Å²) in [6, 6.07) is 7.91. The molecule has 0 bridgehead atoms. The molecule has 1 aromatic rings. The number of hydrogen-bond acceptors (Lipinski definition) is 4. The molecular weight excluding hydrogens is 465 g/mol. The summed E-state index contributed by atoms with van der Waals surface area (Å²) in [5, 5.41) is 6.49. The van der Waals surface area contributed by atoms with Gasteiger partial charge in [0.1, 0.15) is 11.4 Å². The highest BCUT2D eigenvalue weighted by Gasteiger charge is 2.27. The number of sulfone groups is 1. The van der Waals surface area contributed by atoms with Crippen LogP contribution < -0.4 is 15.4 Å². The Morgan fingerprint density at radius 1 is 1.27 bits per heavy atom. The van der Waals surface area contributed by atoms with E-state index in [1.54, 1.807) is 7.05 Å². The first-order chi connectivity index (χ1) is 11.7. The van der Waals surface area contributed by atoms with Gasteiger partial charge in [-0.3, -0.25) is 4.99 Å². The van der Waals surface area contributed by atoms with Crippen LogP contribution in [0.4, 0.5) is 0 Å². The van der Waals surface area contributed by atoms with E-state index in [0.29, 0.717) is 31.2 Å². The van der Waals surface area contributed by atoms with Crippen molar-refractivity contribution in [2.75, 3.05) is 25.1 Å². The first-order valence-electron chi connectivity index (χ1n) is 8.60. The van der Waals surface area contributed by atoms with E-state index >= 15 is 0 Å². The first kappa shape index (κ1) is 23.0. The van der Waals surface area contributed by atoms with E-state index in [4.69, 9.17) is 4.74 Å². The number of nitrogens with one attached hydrogen (secondary N) is 2. The van der Waals surface area contributed by atoms with Crippen LogP contribution in [0.1, 0.15) is 32.8 Å². The van der Waals surface area contributed by atoms with Gasteiger partial charge in [-0.15, -0.1) is 24.0 Å². The van der Waals surface area contributed by atoms with Crippen LogP contribution in [0.25, 0.3) is 0 Å². The average Bonchev–Trinajstić information content (AvgIpc) is 2.86. The molecule has 1 aliphatic heterocycles. The zero-order valence-electron chi connectivity index (χ0n) is 15.9. The van der Waals surface area contributed by atoms with Crippen molar-refractivity contribution in [3.63, 3.8) is 0 Å². The molecule has 0 saturated carbocycles. The molecule has 1 unspecified atom stereocenters. The SMILES string of the molecule is CN=C(NCc1ccccc1OC(C)(C)C)NCC1CCS(=O)(=O)C1.I. The molecule has 6 nitrogen and oxygen atoms in total. The molecule has 0 amide bonds. The third-order valence-corrected chi connectivity index (χ3v) is 5.78. The van der Waals surface area contributed by atoms with E-state index < -0.39 is 9.84 Å². The number of ether oxygens (including phenoxy) is 1. The Balaban J connectivity index is 0.00000338. The van der Waals surface area contributed by atoms with Crippen molar-refractivity contribution in [2.24, 2.45) is 10.9 Å². The van der Waals surface area contributed by atoms with Crippen LogP contribution in [0.3, 0.4) is 0 Å². The lowest BCUT2D eigenvalue weighted by Gasteiger charge is -2.23. The van der Waals surface area contributed by atoms with Gasteiger partial charge in [0.2, 0.25) is 0 Å². The van der Waals surface area contributed by atoms with Crippen molar-refractivity contribution >= 4 is 39.8 Å². The second-order valence-electron chi connectivity index (χ2n) is 7.40. The van der Waals surface area contributed by atoms with Gasteiger partial charge in [0.15, 0.2) is 15.8 Å². The molecule has 0 aromatic heterocycles. The Bertz CT molecular complexity index is 715. The van der Waals surface area contributed by atoms with Crippen LogP contribution in [0.5, 0.6) is 5.75 Å². The summed E-state index contributed by atoms with van der Waals surface area (Å²) >= 11 is 0. The van der Waals surface area contributed by atoms with E-state index in [-0.39, 0.29) is 41.2 Å². The zero-order valence-corrected chi connectivity index (χ0v) is 19.1. The Labute approximate surface area is 174 Å². The van der Waals surface area contributed by atoms with Gasteiger partial charge in [-0.25, -0.2) is 8.42 Å². The Morgan fingerprint density at radius 3 is 2.54 bits per heavy atom. The fraction of sp³-hybridized carbons (Fsp3) is 0.611. The fourth-order valence-electron chi connectivity index (χ4n) is 2.75. The van der Waals surface area contributed by atoms with Crippen LogP contribution in [0, 0.1) is 5.92 Å². The Hall–Kier alpha value is -1.03. The van der Waals surface area contributed by atoms with Crippen molar-refractivity contribution in [1.29, 1.82) is 0 Å². The molecule has 8 heteroatoms. The number of hydrogen-bond donors (Lipinski definition) is 2. The molecule has 1 aromatic carbocycles. The maximum Gasteiger partial charge on any atom is 0.191 e. The van der Waals surface area contributed by atoms with Gasteiger partial charge < -0.3 is 15.4 Å². The van der Waals surface area contributed by atoms with Crippen molar-refractivity contribution < 1.29 is 13.2 Å². The molecule has 1 saturated heterocycles. The van der Waals surface area contributed by atoms with Crippen molar-refractivity contribution in [2.45, 2.75) is 39.3 Å². The van der Waals surface area contributed by atoms with Gasteiger partial charge in [-0.1, -0.05) is 18.2 Å². The predicted octanol–water partition coefficient (Wildman–Crippen LogP) is 2.58. The summed E-state index contributed by atoms with van der Waals surface area (Å²) in [4.78, 5) is 4.21. The van der Waals surface area contributed by atoms with E-state index in [1.165, 1.54) is 0 Å². The highest BCUT2D eigenvalue weighted by molar-refractivity contribution is 14.0. The predicted molar refractivity (Wildman–Crippen MR) is 117 cm³/mol. The second kappa shape index (κ2) is 9.77. The molecule has 0 radical (unpaired) electrons. The Morgan fingerprint density at radius 2 is 1.96 bits per heavy atom. The number of para-hydroxylation sites is 1. The highest BCUT2D eigenvalue weighted by Crippen LogP contribution is 2.22. The molecule has 0 aliphatic carbocycles. The van der Waals surface area contributed by atoms with E-state index in [2.05, 4.69) is 15.6 Å². The Kier molecular flexibility index (Phi) is 8.65. The standard InChI is InChI=1S/C18H29N3O3S.HI/c1-18(2,3)24-16-8-6-5-7-15(16)12-21-17(19-4)20-11-14-9-10-25(22,23)13-14;/h5-8,14H,9-13H2,1-4H3,(H2,19,20,21);1H. The average molecular weight is 495 g/mol. The molecule has 26 heavy (non-hydrogen) atoms. The number of rotatable bonds is 5. The van der Waals surface area contributed by atoms with Crippen molar-refractivity contribution in [1.82, 2.24) is 10.6 Å². The van der Waals surface area contributed by atoms with Gasteiger partial charge >= 0.3 is 0 Å². The van der Waals surface area contributed by atoms with Gasteiger partial charge in [0.25, 0.3) is 0 Å². The topological polar surface area (TPSA) is 79.8 Å². The molecule has 0 spiro atoms. The lowest BCUT2D eigenvalue weighted by atomic mass is 10.1. The van der Waals surface area contributed by atoms with Gasteiger partial charge in [0, 0.05) is 25.7 Å². The monoisotopic (exact) mass is 495 g/mol. The summed E-state index contributed by atoms with van der Waals surface area (Å²) in [6.07, 6.45) is 0.717. The molecule has 2 rings (SSSR count). The minimum Gasteiger partial charge on any atom is -0.488 e.